The SMILES string of the molecule is O=S(=O)(O)C(c1ccccc1)N1CCNCC1. The minimum Gasteiger partial charge on any atom is -0.314 e. The Morgan fingerprint density at radius 2 is 1.76 bits per heavy atom. The summed E-state index contributed by atoms with van der Waals surface area (Å²) in [5.74, 6) is 0. The van der Waals surface area contributed by atoms with Gasteiger partial charge in [-0.15, -0.1) is 0 Å². The first-order valence-corrected chi connectivity index (χ1v) is 7.05. The van der Waals surface area contributed by atoms with Gasteiger partial charge in [-0.2, -0.15) is 8.42 Å². The Hall–Kier alpha value is -0.950. The van der Waals surface area contributed by atoms with Crippen molar-refractivity contribution in [3.8, 4) is 0 Å². The van der Waals surface area contributed by atoms with Crippen molar-refractivity contribution in [2.45, 2.75) is 5.37 Å². The zero-order valence-corrected chi connectivity index (χ0v) is 10.2. The number of hydrogen-bond donors (Lipinski definition) is 2. The van der Waals surface area contributed by atoms with E-state index in [0.29, 0.717) is 18.7 Å². The van der Waals surface area contributed by atoms with Gasteiger partial charge in [0.2, 0.25) is 0 Å². The van der Waals surface area contributed by atoms with E-state index in [1.165, 1.54) is 0 Å². The lowest BCUT2D eigenvalue weighted by Crippen LogP contribution is -2.47. The second kappa shape index (κ2) is 5.14. The molecule has 94 valence electrons. The van der Waals surface area contributed by atoms with Crippen molar-refractivity contribution >= 4 is 10.1 Å². The maximum Gasteiger partial charge on any atom is 0.285 e. The van der Waals surface area contributed by atoms with Gasteiger partial charge in [-0.3, -0.25) is 9.45 Å². The van der Waals surface area contributed by atoms with Gasteiger partial charge in [0, 0.05) is 26.2 Å². The van der Waals surface area contributed by atoms with Crippen molar-refractivity contribution in [1.29, 1.82) is 0 Å². The Morgan fingerprint density at radius 3 is 2.29 bits per heavy atom. The number of benzene rings is 1. The molecule has 5 nitrogen and oxygen atoms in total. The number of hydrogen-bond acceptors (Lipinski definition) is 4. The third-order valence-corrected chi connectivity index (χ3v) is 3.98. The van der Waals surface area contributed by atoms with Crippen LogP contribution in [-0.2, 0) is 10.1 Å². The minimum absolute atomic E-state index is 0.608. The monoisotopic (exact) mass is 256 g/mol. The molecule has 0 saturated carbocycles. The highest BCUT2D eigenvalue weighted by Gasteiger charge is 2.32. The van der Waals surface area contributed by atoms with Crippen LogP contribution >= 0.6 is 0 Å². The largest absolute Gasteiger partial charge is 0.314 e. The molecule has 1 aromatic carbocycles. The topological polar surface area (TPSA) is 69.6 Å². The van der Waals surface area contributed by atoms with Crippen molar-refractivity contribution in [1.82, 2.24) is 10.2 Å². The molecule has 1 aliphatic rings. The summed E-state index contributed by atoms with van der Waals surface area (Å²) < 4.78 is 32.4. The van der Waals surface area contributed by atoms with Gasteiger partial charge in [-0.05, 0) is 5.56 Å². The summed E-state index contributed by atoms with van der Waals surface area (Å²) in [6.45, 7) is 2.69. The Balaban J connectivity index is 2.32. The fourth-order valence-corrected chi connectivity index (χ4v) is 3.19. The van der Waals surface area contributed by atoms with Crippen LogP contribution in [0.15, 0.2) is 30.3 Å². The molecule has 1 saturated heterocycles. The molecule has 1 fully saturated rings. The normalized spacial score (nSPS) is 20.1. The highest BCUT2D eigenvalue weighted by molar-refractivity contribution is 7.86. The molecule has 1 heterocycles. The summed E-state index contributed by atoms with van der Waals surface area (Å²) in [5, 5.41) is 2.20. The van der Waals surface area contributed by atoms with Crippen molar-refractivity contribution < 1.29 is 13.0 Å². The lowest BCUT2D eigenvalue weighted by Gasteiger charge is -2.33. The molecule has 0 bridgehead atoms. The molecule has 2 N–H and O–H groups in total. The van der Waals surface area contributed by atoms with Crippen LogP contribution in [0.2, 0.25) is 0 Å². The van der Waals surface area contributed by atoms with Crippen LogP contribution in [0.25, 0.3) is 0 Å². The number of nitrogens with one attached hydrogen (secondary N) is 1. The number of piperazine rings is 1. The van der Waals surface area contributed by atoms with E-state index in [2.05, 4.69) is 5.32 Å². The Labute approximate surface area is 101 Å². The van der Waals surface area contributed by atoms with Gasteiger partial charge in [-0.1, -0.05) is 30.3 Å². The Kier molecular flexibility index (Phi) is 3.78. The minimum atomic E-state index is -4.12. The van der Waals surface area contributed by atoms with Crippen LogP contribution in [-0.4, -0.2) is 44.0 Å². The molecule has 0 aliphatic carbocycles. The molecule has 1 aliphatic heterocycles. The van der Waals surface area contributed by atoms with E-state index < -0.39 is 15.5 Å². The summed E-state index contributed by atoms with van der Waals surface area (Å²) in [7, 11) is -4.12. The average molecular weight is 256 g/mol. The van der Waals surface area contributed by atoms with Gasteiger partial charge in [0.15, 0.2) is 5.37 Å². The summed E-state index contributed by atoms with van der Waals surface area (Å²) in [6, 6.07) is 8.81. The maximum absolute atomic E-state index is 11.5. The van der Waals surface area contributed by atoms with Gasteiger partial charge >= 0.3 is 0 Å². The first kappa shape index (κ1) is 12.5. The van der Waals surface area contributed by atoms with Gasteiger partial charge < -0.3 is 5.32 Å². The quantitative estimate of drug-likeness (QED) is 0.770. The van der Waals surface area contributed by atoms with Gasteiger partial charge in [0.1, 0.15) is 0 Å². The fraction of sp³-hybridized carbons (Fsp3) is 0.455. The first-order valence-electron chi connectivity index (χ1n) is 5.55. The molecule has 17 heavy (non-hydrogen) atoms. The van der Waals surface area contributed by atoms with Crippen molar-refractivity contribution in [2.75, 3.05) is 26.2 Å². The van der Waals surface area contributed by atoms with Crippen LogP contribution < -0.4 is 5.32 Å². The third-order valence-electron chi connectivity index (χ3n) is 2.85. The molecule has 1 atom stereocenters. The second-order valence-electron chi connectivity index (χ2n) is 4.06. The van der Waals surface area contributed by atoms with Crippen LogP contribution in [0.3, 0.4) is 0 Å². The predicted molar refractivity (Wildman–Crippen MR) is 65.2 cm³/mol. The van der Waals surface area contributed by atoms with Crippen LogP contribution in [0.4, 0.5) is 0 Å². The molecule has 0 amide bonds. The molecule has 0 aromatic heterocycles. The molecule has 0 spiro atoms. The Bertz CT molecular complexity index is 455. The predicted octanol–water partition coefficient (Wildman–Crippen LogP) is 0.478. The highest BCUT2D eigenvalue weighted by atomic mass is 32.2. The molecule has 0 radical (unpaired) electrons. The summed E-state index contributed by atoms with van der Waals surface area (Å²) >= 11 is 0. The van der Waals surface area contributed by atoms with E-state index in [1.807, 2.05) is 6.07 Å². The van der Waals surface area contributed by atoms with Crippen molar-refractivity contribution in [2.24, 2.45) is 0 Å². The van der Waals surface area contributed by atoms with E-state index in [0.717, 1.165) is 13.1 Å². The number of nitrogens with zero attached hydrogens (tertiary/aromatic N) is 1. The van der Waals surface area contributed by atoms with Gasteiger partial charge in [-0.25, -0.2) is 0 Å². The molecule has 6 heteroatoms. The molecule has 1 aromatic rings. The second-order valence-corrected chi connectivity index (χ2v) is 5.54. The lowest BCUT2D eigenvalue weighted by molar-refractivity contribution is 0.211. The summed E-state index contributed by atoms with van der Waals surface area (Å²) in [4.78, 5) is 1.78. The van der Waals surface area contributed by atoms with Crippen LogP contribution in [0.1, 0.15) is 10.9 Å². The van der Waals surface area contributed by atoms with Gasteiger partial charge in [0.25, 0.3) is 10.1 Å². The van der Waals surface area contributed by atoms with E-state index in [9.17, 15) is 13.0 Å². The van der Waals surface area contributed by atoms with Gasteiger partial charge in [0.05, 0.1) is 0 Å². The van der Waals surface area contributed by atoms with Crippen molar-refractivity contribution in [3.63, 3.8) is 0 Å². The summed E-state index contributed by atoms with van der Waals surface area (Å²) in [5.41, 5.74) is 0.608. The maximum atomic E-state index is 11.5. The van der Waals surface area contributed by atoms with E-state index in [1.54, 1.807) is 29.2 Å². The zero-order valence-electron chi connectivity index (χ0n) is 9.41. The van der Waals surface area contributed by atoms with E-state index in [4.69, 9.17) is 0 Å². The standard InChI is InChI=1S/C11H16N2O3S/c14-17(15,16)11(10-4-2-1-3-5-10)13-8-6-12-7-9-13/h1-5,11-12H,6-9H2,(H,14,15,16). The molecule has 1 unspecified atom stereocenters. The fourth-order valence-electron chi connectivity index (χ4n) is 2.11. The van der Waals surface area contributed by atoms with Crippen LogP contribution in [0.5, 0.6) is 0 Å². The first-order chi connectivity index (χ1) is 8.09. The molecule has 2 rings (SSSR count). The summed E-state index contributed by atoms with van der Waals surface area (Å²) in [6.07, 6.45) is 0. The number of rotatable bonds is 3. The third kappa shape index (κ3) is 3.04. The van der Waals surface area contributed by atoms with E-state index in [-0.39, 0.29) is 0 Å². The average Bonchev–Trinajstić information content (AvgIpc) is 2.30. The van der Waals surface area contributed by atoms with Crippen molar-refractivity contribution in [3.05, 3.63) is 35.9 Å². The molecular weight excluding hydrogens is 240 g/mol. The molecular formula is C11H16N2O3S. The zero-order chi connectivity index (χ0) is 12.3. The lowest BCUT2D eigenvalue weighted by atomic mass is 10.2. The van der Waals surface area contributed by atoms with E-state index >= 15 is 0 Å². The van der Waals surface area contributed by atoms with Crippen LogP contribution in [0, 0.1) is 0 Å². The smallest absolute Gasteiger partial charge is 0.285 e. The highest BCUT2D eigenvalue weighted by Crippen LogP contribution is 2.25. The Morgan fingerprint density at radius 1 is 1.18 bits per heavy atom.